The number of hydrogen-bond acceptors (Lipinski definition) is 11. The lowest BCUT2D eigenvalue weighted by Gasteiger charge is -2.50. The first-order valence-electron chi connectivity index (χ1n) is 11.6. The molecule has 0 aliphatic heterocycles. The van der Waals surface area contributed by atoms with Crippen molar-refractivity contribution < 1.29 is 44.1 Å². The van der Waals surface area contributed by atoms with Gasteiger partial charge in [-0.3, -0.25) is 24.1 Å². The number of primary amides is 1. The molecule has 13 heteroatoms. The number of aromatic hydroxyl groups is 1. The number of carbonyl (C=O) groups excluding carboxylic acids is 4. The Labute approximate surface area is 214 Å². The summed E-state index contributed by atoms with van der Waals surface area (Å²) in [6.07, 6.45) is 1.38. The summed E-state index contributed by atoms with van der Waals surface area (Å²) in [5, 5.41) is 50.5. The van der Waals surface area contributed by atoms with Crippen molar-refractivity contribution in [2.24, 2.45) is 17.6 Å². The Morgan fingerprint density at radius 2 is 1.89 bits per heavy atom. The number of rotatable bonds is 4. The molecule has 2 amide bonds. The number of phenols is 1. The minimum atomic E-state index is -2.72. The van der Waals surface area contributed by atoms with Gasteiger partial charge < -0.3 is 36.0 Å². The number of nitrogens with two attached hydrogens (primary N) is 1. The maximum Gasteiger partial charge on any atom is 0.294 e. The molecule has 0 radical (unpaired) electrons. The van der Waals surface area contributed by atoms with Gasteiger partial charge in [-0.25, -0.2) is 0 Å². The zero-order valence-electron chi connectivity index (χ0n) is 20.3. The number of ketones is 2. The fourth-order valence-electron chi connectivity index (χ4n) is 5.84. The van der Waals surface area contributed by atoms with Gasteiger partial charge in [0.25, 0.3) is 11.8 Å². The molecule has 3 aliphatic rings. The monoisotopic (exact) mass is 524 g/mol. The largest absolute Gasteiger partial charge is 0.508 e. The van der Waals surface area contributed by atoms with Crippen molar-refractivity contribution in [3.8, 4) is 5.75 Å². The Bertz CT molecular complexity index is 1470. The molecule has 2 aromatic rings. The van der Waals surface area contributed by atoms with Gasteiger partial charge in [0.15, 0.2) is 11.4 Å². The van der Waals surface area contributed by atoms with Crippen molar-refractivity contribution in [2.75, 3.05) is 19.4 Å². The predicted octanol–water partition coefficient (Wildman–Crippen LogP) is 0.204. The van der Waals surface area contributed by atoms with Gasteiger partial charge in [-0.05, 0) is 44.5 Å². The van der Waals surface area contributed by atoms with E-state index < -0.39 is 69.7 Å². The molecule has 13 nitrogen and oxygen atoms in total. The fraction of sp³-hybridized carbons (Fsp3) is 0.320. The molecule has 4 atom stereocenters. The first-order valence-corrected chi connectivity index (χ1v) is 11.6. The summed E-state index contributed by atoms with van der Waals surface area (Å²) in [7, 11) is 3.06. The number of hydrogen-bond donors (Lipinski definition) is 6. The zero-order chi connectivity index (χ0) is 27.7. The van der Waals surface area contributed by atoms with Crippen LogP contribution >= 0.6 is 0 Å². The Kier molecular flexibility index (Phi) is 5.65. The second-order valence-corrected chi connectivity index (χ2v) is 9.79. The van der Waals surface area contributed by atoms with E-state index in [4.69, 9.17) is 10.3 Å². The van der Waals surface area contributed by atoms with Crippen LogP contribution < -0.4 is 11.1 Å². The van der Waals surface area contributed by atoms with Crippen molar-refractivity contribution in [1.82, 2.24) is 10.1 Å². The van der Waals surface area contributed by atoms with Crippen molar-refractivity contribution in [3.63, 3.8) is 0 Å². The summed E-state index contributed by atoms with van der Waals surface area (Å²) in [6, 6.07) is 3.13. The van der Waals surface area contributed by atoms with Crippen LogP contribution in [0.25, 0.3) is 5.76 Å². The van der Waals surface area contributed by atoms with Crippen LogP contribution in [0, 0.1) is 11.8 Å². The summed E-state index contributed by atoms with van der Waals surface area (Å²) in [4.78, 5) is 52.7. The van der Waals surface area contributed by atoms with Crippen molar-refractivity contribution in [1.29, 1.82) is 0 Å². The molecule has 1 aromatic heterocycles. The van der Waals surface area contributed by atoms with E-state index >= 15 is 0 Å². The average molecular weight is 524 g/mol. The van der Waals surface area contributed by atoms with E-state index in [1.54, 1.807) is 6.07 Å². The van der Waals surface area contributed by atoms with Crippen LogP contribution in [0.5, 0.6) is 5.75 Å². The van der Waals surface area contributed by atoms with Crippen LogP contribution in [0.4, 0.5) is 5.69 Å². The first-order chi connectivity index (χ1) is 17.9. The van der Waals surface area contributed by atoms with Gasteiger partial charge in [-0.2, -0.15) is 0 Å². The Balaban J connectivity index is 1.63. The molecular weight excluding hydrogens is 500 g/mol. The number of amides is 2. The molecule has 1 aromatic carbocycles. The maximum atomic E-state index is 13.8. The van der Waals surface area contributed by atoms with Crippen LogP contribution in [0.15, 0.2) is 45.8 Å². The molecule has 198 valence electrons. The molecule has 3 aliphatic carbocycles. The number of aliphatic hydroxyl groups excluding tert-OH is 2. The predicted molar refractivity (Wildman–Crippen MR) is 129 cm³/mol. The van der Waals surface area contributed by atoms with Gasteiger partial charge in [0.2, 0.25) is 11.5 Å². The Morgan fingerprint density at radius 1 is 1.18 bits per heavy atom. The third kappa shape index (κ3) is 3.35. The molecule has 0 unspecified atom stereocenters. The lowest BCUT2D eigenvalue weighted by atomic mass is 9.57. The number of benzene rings is 1. The summed E-state index contributed by atoms with van der Waals surface area (Å²) in [6.45, 7) is 0. The quantitative estimate of drug-likeness (QED) is 0.234. The summed E-state index contributed by atoms with van der Waals surface area (Å²) < 4.78 is 4.79. The number of aliphatic hydroxyl groups is 3. The minimum Gasteiger partial charge on any atom is -0.508 e. The maximum absolute atomic E-state index is 13.8. The minimum absolute atomic E-state index is 0.0174. The van der Waals surface area contributed by atoms with Crippen LogP contribution in [0.2, 0.25) is 0 Å². The smallest absolute Gasteiger partial charge is 0.294 e. The van der Waals surface area contributed by atoms with E-state index in [1.807, 2.05) is 0 Å². The van der Waals surface area contributed by atoms with E-state index in [0.717, 1.165) is 0 Å². The lowest BCUT2D eigenvalue weighted by Crippen LogP contribution is -2.65. The van der Waals surface area contributed by atoms with Gasteiger partial charge >= 0.3 is 0 Å². The van der Waals surface area contributed by atoms with E-state index in [-0.39, 0.29) is 35.4 Å². The Hall–Kier alpha value is -4.49. The highest BCUT2D eigenvalue weighted by molar-refractivity contribution is 6.24. The summed E-state index contributed by atoms with van der Waals surface area (Å²) >= 11 is 0. The van der Waals surface area contributed by atoms with Gasteiger partial charge in [0.1, 0.15) is 22.8 Å². The number of aromatic nitrogens is 1. The van der Waals surface area contributed by atoms with E-state index in [0.29, 0.717) is 5.56 Å². The molecule has 0 spiro atoms. The number of fused-ring (bicyclic) bond motifs is 3. The molecular formula is C25H24N4O9. The van der Waals surface area contributed by atoms with Crippen molar-refractivity contribution in [2.45, 2.75) is 24.5 Å². The second-order valence-electron chi connectivity index (χ2n) is 9.79. The molecule has 1 fully saturated rings. The SMILES string of the molecule is CN(C)[C@@H]1C(=O)C(C(N)=O)=C(O)[C@@]2(O)C(=O)C3=C(O)c4c(ccc(NC(=O)c5ccno5)c4O)C[C@@H]3C[C@@H]12. The van der Waals surface area contributed by atoms with Crippen LogP contribution in [0.1, 0.15) is 28.1 Å². The molecule has 1 heterocycles. The highest BCUT2D eigenvalue weighted by Crippen LogP contribution is 2.53. The highest BCUT2D eigenvalue weighted by Gasteiger charge is 2.64. The third-order valence-corrected chi connectivity index (χ3v) is 7.50. The van der Waals surface area contributed by atoms with Crippen LogP contribution in [0.3, 0.4) is 0 Å². The van der Waals surface area contributed by atoms with Crippen LogP contribution in [-0.2, 0) is 20.8 Å². The fourth-order valence-corrected chi connectivity index (χ4v) is 5.84. The van der Waals surface area contributed by atoms with Gasteiger partial charge in [-0.1, -0.05) is 11.2 Å². The normalized spacial score (nSPS) is 26.7. The number of phenolic OH excluding ortho intramolecular Hbond substituents is 1. The third-order valence-electron chi connectivity index (χ3n) is 7.50. The Morgan fingerprint density at radius 3 is 2.50 bits per heavy atom. The molecule has 5 rings (SSSR count). The topological polar surface area (TPSA) is 217 Å². The van der Waals surface area contributed by atoms with Crippen molar-refractivity contribution in [3.05, 3.63) is 58.2 Å². The number of Topliss-reactive ketones (excluding diaryl/α,β-unsaturated/α-hetero) is 2. The number of likely N-dealkylation sites (N-methyl/N-ethyl adjacent to an activating group) is 1. The lowest BCUT2D eigenvalue weighted by molar-refractivity contribution is -0.153. The van der Waals surface area contributed by atoms with E-state index in [1.165, 1.54) is 37.3 Å². The molecule has 0 saturated heterocycles. The number of nitrogens with zero attached hydrogens (tertiary/aromatic N) is 2. The van der Waals surface area contributed by atoms with E-state index in [9.17, 15) is 39.6 Å². The van der Waals surface area contributed by atoms with E-state index in [2.05, 4.69) is 10.5 Å². The highest BCUT2D eigenvalue weighted by atomic mass is 16.5. The van der Waals surface area contributed by atoms with Crippen LogP contribution in [-0.4, -0.2) is 79.6 Å². The average Bonchev–Trinajstić information content (AvgIpc) is 3.38. The molecule has 0 bridgehead atoms. The molecule has 1 saturated carbocycles. The standard InChI is InChI=1S/C25H24N4O9/c1-29(2)17-11-8-10-7-9-3-4-12(28-24(36)13-5-6-27-38-13)18(30)14(9)19(31)15(10)21(33)25(11,37)22(34)16(20(17)32)23(26)35/h3-6,10-11,17,30-31,34,37H,7-8H2,1-2H3,(H2,26,35)(H,28,36)/t10-,11+,17+,25+/m1/s1. The van der Waals surface area contributed by atoms with Gasteiger partial charge in [0.05, 0.1) is 23.5 Å². The van der Waals surface area contributed by atoms with Gasteiger partial charge in [-0.15, -0.1) is 0 Å². The molecule has 7 N–H and O–H groups in total. The zero-order valence-corrected chi connectivity index (χ0v) is 20.3. The second kappa shape index (κ2) is 8.53. The van der Waals surface area contributed by atoms with Crippen molar-refractivity contribution >= 4 is 34.8 Å². The summed E-state index contributed by atoms with van der Waals surface area (Å²) in [5.74, 6) is -8.30. The molecule has 38 heavy (non-hydrogen) atoms. The van der Waals surface area contributed by atoms with Gasteiger partial charge in [0, 0.05) is 17.6 Å². The number of nitrogens with one attached hydrogen (secondary N) is 1. The first kappa shape index (κ1) is 25.2. The number of carbonyl (C=O) groups is 4. The summed E-state index contributed by atoms with van der Waals surface area (Å²) in [5.41, 5.74) is 1.64. The number of anilines is 1.